The molecule has 6 N–H and O–H groups in total. The summed E-state index contributed by atoms with van der Waals surface area (Å²) in [5, 5.41) is 32.8. The van der Waals surface area contributed by atoms with Gasteiger partial charge in [0.1, 0.15) is 35.4 Å². The van der Waals surface area contributed by atoms with Crippen molar-refractivity contribution in [1.29, 1.82) is 15.8 Å². The normalized spacial score (nSPS) is 14.1. The Morgan fingerprint density at radius 2 is 1.77 bits per heavy atom. The summed E-state index contributed by atoms with van der Waals surface area (Å²) in [6, 6.07) is 12.6. The first-order valence-corrected chi connectivity index (χ1v) is 9.00. The van der Waals surface area contributed by atoms with E-state index in [-0.39, 0.29) is 23.0 Å². The zero-order chi connectivity index (χ0) is 22.0. The number of guanidine groups is 1. The standard InChI is InChI=1S/C21H14N10/c22-6-11-5-14(9-27-8-11)12-1-3-13(4-2-12)18-16-17(25)15(7-23)19(26)30-20(16)31-21(29-18)28-10-24/h1-5,8-9,18H,(H6,25,26,28,29,30,31). The fourth-order valence-corrected chi connectivity index (χ4v) is 3.34. The van der Waals surface area contributed by atoms with E-state index in [0.717, 1.165) is 16.7 Å². The molecule has 31 heavy (non-hydrogen) atoms. The number of fused-ring (bicyclic) bond motifs is 1. The van der Waals surface area contributed by atoms with Gasteiger partial charge in [-0.3, -0.25) is 10.3 Å². The maximum absolute atomic E-state index is 9.41. The van der Waals surface area contributed by atoms with Crippen LogP contribution < -0.4 is 22.1 Å². The van der Waals surface area contributed by atoms with E-state index in [0.29, 0.717) is 16.9 Å². The van der Waals surface area contributed by atoms with Crippen LogP contribution in [0, 0.1) is 34.1 Å². The van der Waals surface area contributed by atoms with Gasteiger partial charge in [-0.2, -0.15) is 15.8 Å². The number of benzene rings is 1. The van der Waals surface area contributed by atoms with Crippen LogP contribution in [0.4, 0.5) is 17.3 Å². The molecule has 10 nitrogen and oxygen atoms in total. The molecule has 1 aromatic carbocycles. The molecule has 2 aromatic heterocycles. The van der Waals surface area contributed by atoms with Gasteiger partial charge in [0.2, 0.25) is 5.96 Å². The van der Waals surface area contributed by atoms with Crippen LogP contribution in [0.1, 0.15) is 28.3 Å². The smallest absolute Gasteiger partial charge is 0.211 e. The van der Waals surface area contributed by atoms with Gasteiger partial charge in [-0.25, -0.2) is 9.98 Å². The van der Waals surface area contributed by atoms with E-state index >= 15 is 0 Å². The van der Waals surface area contributed by atoms with Crippen LogP contribution in [0.5, 0.6) is 0 Å². The van der Waals surface area contributed by atoms with Crippen LogP contribution in [-0.2, 0) is 0 Å². The number of aliphatic imine (C=N–C) groups is 1. The van der Waals surface area contributed by atoms with Crippen LogP contribution in [0.25, 0.3) is 11.1 Å². The molecule has 1 aliphatic rings. The lowest BCUT2D eigenvalue weighted by Crippen LogP contribution is -2.32. The van der Waals surface area contributed by atoms with Gasteiger partial charge in [-0.05, 0) is 17.2 Å². The fraction of sp³-hybridized carbons (Fsp3) is 0.0476. The number of nitrogens with one attached hydrogen (secondary N) is 2. The highest BCUT2D eigenvalue weighted by Gasteiger charge is 2.29. The highest BCUT2D eigenvalue weighted by atomic mass is 15.2. The Hall–Kier alpha value is -5.14. The molecular formula is C21H14N10. The third kappa shape index (κ3) is 3.39. The topological polar surface area (TPSA) is 186 Å². The molecule has 148 valence electrons. The van der Waals surface area contributed by atoms with E-state index in [1.807, 2.05) is 36.5 Å². The second-order valence-electron chi connectivity index (χ2n) is 6.60. The van der Waals surface area contributed by atoms with Gasteiger partial charge in [-0.1, -0.05) is 24.3 Å². The number of pyridine rings is 2. The zero-order valence-electron chi connectivity index (χ0n) is 16.0. The largest absolute Gasteiger partial charge is 0.397 e. The van der Waals surface area contributed by atoms with E-state index < -0.39 is 6.04 Å². The molecule has 1 unspecified atom stereocenters. The number of nitrogen functional groups attached to an aromatic ring is 2. The first-order chi connectivity index (χ1) is 15.0. The number of nitrogens with two attached hydrogens (primary N) is 2. The molecule has 0 radical (unpaired) electrons. The molecule has 0 amide bonds. The third-order valence-corrected chi connectivity index (χ3v) is 4.78. The van der Waals surface area contributed by atoms with Crippen LogP contribution in [0.3, 0.4) is 0 Å². The minimum atomic E-state index is -0.620. The van der Waals surface area contributed by atoms with Crippen molar-refractivity contribution >= 4 is 23.3 Å². The van der Waals surface area contributed by atoms with Gasteiger partial charge in [0.25, 0.3) is 0 Å². The fourth-order valence-electron chi connectivity index (χ4n) is 3.34. The molecule has 4 rings (SSSR count). The molecule has 0 bridgehead atoms. The Balaban J connectivity index is 1.81. The SMILES string of the molecule is N#CNC1=NC(c2ccc(-c3cncc(C#N)c3)cc2)c2c(nc(N)c(C#N)c2N)N1. The molecule has 3 heterocycles. The van der Waals surface area contributed by atoms with Gasteiger partial charge in [0, 0.05) is 23.5 Å². The molecule has 1 aliphatic heterocycles. The summed E-state index contributed by atoms with van der Waals surface area (Å²) in [5.74, 6) is 0.496. The molecule has 0 fully saturated rings. The molecular weight excluding hydrogens is 392 g/mol. The van der Waals surface area contributed by atoms with Crippen molar-refractivity contribution in [2.45, 2.75) is 6.04 Å². The highest BCUT2D eigenvalue weighted by Crippen LogP contribution is 2.40. The number of nitriles is 3. The van der Waals surface area contributed by atoms with Gasteiger partial charge in [-0.15, -0.1) is 0 Å². The van der Waals surface area contributed by atoms with Crippen molar-refractivity contribution < 1.29 is 0 Å². The number of aromatic nitrogens is 2. The summed E-state index contributed by atoms with van der Waals surface area (Å²) in [6.45, 7) is 0. The second kappa shape index (κ2) is 7.70. The summed E-state index contributed by atoms with van der Waals surface area (Å²) >= 11 is 0. The lowest BCUT2D eigenvalue weighted by Gasteiger charge is -2.26. The molecule has 0 spiro atoms. The first-order valence-electron chi connectivity index (χ1n) is 9.00. The lowest BCUT2D eigenvalue weighted by atomic mass is 9.94. The Bertz CT molecular complexity index is 1340. The second-order valence-corrected chi connectivity index (χ2v) is 6.60. The van der Waals surface area contributed by atoms with Crippen molar-refractivity contribution in [3.8, 4) is 29.5 Å². The summed E-state index contributed by atoms with van der Waals surface area (Å²) in [4.78, 5) is 12.8. The molecule has 0 saturated heterocycles. The predicted molar refractivity (Wildman–Crippen MR) is 114 cm³/mol. The average Bonchev–Trinajstić information content (AvgIpc) is 2.79. The van der Waals surface area contributed by atoms with E-state index in [2.05, 4.69) is 31.7 Å². The van der Waals surface area contributed by atoms with Crippen molar-refractivity contribution in [1.82, 2.24) is 15.3 Å². The molecule has 0 aliphatic carbocycles. The summed E-state index contributed by atoms with van der Waals surface area (Å²) in [7, 11) is 0. The van der Waals surface area contributed by atoms with Gasteiger partial charge < -0.3 is 16.8 Å². The predicted octanol–water partition coefficient (Wildman–Crippen LogP) is 1.99. The van der Waals surface area contributed by atoms with Crippen molar-refractivity contribution in [2.24, 2.45) is 4.99 Å². The maximum Gasteiger partial charge on any atom is 0.211 e. The zero-order valence-corrected chi connectivity index (χ0v) is 16.0. The Kier molecular flexibility index (Phi) is 4.77. The third-order valence-electron chi connectivity index (χ3n) is 4.78. The number of hydrogen-bond donors (Lipinski definition) is 4. The Labute approximate surface area is 177 Å². The van der Waals surface area contributed by atoms with E-state index in [9.17, 15) is 5.26 Å². The minimum absolute atomic E-state index is 0.0107. The number of rotatable bonds is 2. The molecule has 3 aromatic rings. The molecule has 0 saturated carbocycles. The van der Waals surface area contributed by atoms with E-state index in [1.54, 1.807) is 12.3 Å². The first kappa shape index (κ1) is 19.2. The van der Waals surface area contributed by atoms with Crippen LogP contribution in [-0.4, -0.2) is 15.9 Å². The summed E-state index contributed by atoms with van der Waals surface area (Å²) in [5.41, 5.74) is 15.7. The molecule has 1 atom stereocenters. The summed E-state index contributed by atoms with van der Waals surface area (Å²) in [6.07, 6.45) is 4.98. The number of hydrogen-bond acceptors (Lipinski definition) is 10. The van der Waals surface area contributed by atoms with Crippen LogP contribution >= 0.6 is 0 Å². The average molecular weight is 406 g/mol. The van der Waals surface area contributed by atoms with E-state index in [1.165, 1.54) is 6.20 Å². The summed E-state index contributed by atoms with van der Waals surface area (Å²) < 4.78 is 0. The van der Waals surface area contributed by atoms with Crippen LogP contribution in [0.15, 0.2) is 47.7 Å². The van der Waals surface area contributed by atoms with Gasteiger partial charge >= 0.3 is 0 Å². The monoisotopic (exact) mass is 406 g/mol. The van der Waals surface area contributed by atoms with Gasteiger partial charge in [0.15, 0.2) is 6.19 Å². The van der Waals surface area contributed by atoms with Crippen molar-refractivity contribution in [3.63, 3.8) is 0 Å². The Morgan fingerprint density at radius 3 is 2.45 bits per heavy atom. The van der Waals surface area contributed by atoms with Crippen molar-refractivity contribution in [2.75, 3.05) is 16.8 Å². The number of nitrogens with zero attached hydrogens (tertiary/aromatic N) is 6. The van der Waals surface area contributed by atoms with Gasteiger partial charge in [0.05, 0.1) is 11.3 Å². The molecule has 10 heteroatoms. The quantitative estimate of drug-likeness (QED) is 0.364. The van der Waals surface area contributed by atoms with Crippen molar-refractivity contribution in [3.05, 3.63) is 65.0 Å². The highest BCUT2D eigenvalue weighted by molar-refractivity contribution is 5.98. The lowest BCUT2D eigenvalue weighted by molar-refractivity contribution is 0.847. The minimum Gasteiger partial charge on any atom is -0.397 e. The Morgan fingerprint density at radius 1 is 1.00 bits per heavy atom. The number of anilines is 3. The van der Waals surface area contributed by atoms with Crippen LogP contribution in [0.2, 0.25) is 0 Å². The maximum atomic E-state index is 9.41. The van der Waals surface area contributed by atoms with E-state index in [4.69, 9.17) is 22.0 Å².